The lowest BCUT2D eigenvalue weighted by Crippen LogP contribution is -2.24. The monoisotopic (exact) mass is 216 g/mol. The molecule has 0 aliphatic heterocycles. The predicted octanol–water partition coefficient (Wildman–Crippen LogP) is 1.84. The van der Waals surface area contributed by atoms with Gasteiger partial charge in [-0.25, -0.2) is 8.78 Å². The molecule has 1 aromatic heterocycles. The van der Waals surface area contributed by atoms with Crippen molar-refractivity contribution in [3.05, 3.63) is 24.0 Å². The highest BCUT2D eigenvalue weighted by molar-refractivity contribution is 5.43. The molecule has 0 aliphatic rings. The minimum atomic E-state index is -2.37. The number of halogens is 2. The van der Waals surface area contributed by atoms with Gasteiger partial charge in [-0.15, -0.1) is 0 Å². The van der Waals surface area contributed by atoms with Crippen LogP contribution in [0.2, 0.25) is 0 Å². The van der Waals surface area contributed by atoms with E-state index in [1.165, 1.54) is 11.1 Å². The van der Waals surface area contributed by atoms with Gasteiger partial charge in [-0.2, -0.15) is 0 Å². The summed E-state index contributed by atoms with van der Waals surface area (Å²) in [4.78, 5) is 5.39. The molecule has 15 heavy (non-hydrogen) atoms. The van der Waals surface area contributed by atoms with Crippen LogP contribution in [0.4, 0.5) is 14.5 Å². The van der Waals surface area contributed by atoms with Crippen LogP contribution >= 0.6 is 0 Å². The fraction of sp³-hybridized carbons (Fsp3) is 0.500. The highest BCUT2D eigenvalue weighted by Gasteiger charge is 2.09. The van der Waals surface area contributed by atoms with Crippen molar-refractivity contribution in [2.24, 2.45) is 0 Å². The molecule has 1 heterocycles. The van der Waals surface area contributed by atoms with Crippen LogP contribution in [0, 0.1) is 0 Å². The minimum absolute atomic E-state index is 0.324. The van der Waals surface area contributed by atoms with Crippen molar-refractivity contribution in [2.75, 3.05) is 18.5 Å². The van der Waals surface area contributed by atoms with E-state index in [-0.39, 0.29) is 6.54 Å². The summed E-state index contributed by atoms with van der Waals surface area (Å²) in [5.41, 5.74) is 1.14. The van der Waals surface area contributed by atoms with E-state index in [0.29, 0.717) is 11.4 Å². The Morgan fingerprint density at radius 3 is 2.53 bits per heavy atom. The van der Waals surface area contributed by atoms with E-state index >= 15 is 0 Å². The molecule has 0 unspecified atom stereocenters. The normalized spacial score (nSPS) is 12.9. The highest BCUT2D eigenvalue weighted by atomic mass is 19.3. The SMILES string of the molecule is C[C@H](O)c1ccc(N(C)CC(F)F)cn1. The molecule has 0 aromatic carbocycles. The number of hydrogen-bond donors (Lipinski definition) is 1. The summed E-state index contributed by atoms with van der Waals surface area (Å²) in [5.74, 6) is 0. The number of alkyl halides is 2. The van der Waals surface area contributed by atoms with E-state index in [9.17, 15) is 13.9 Å². The molecular formula is C10H14F2N2O. The van der Waals surface area contributed by atoms with Gasteiger partial charge in [0.05, 0.1) is 30.2 Å². The van der Waals surface area contributed by atoms with Gasteiger partial charge < -0.3 is 10.0 Å². The summed E-state index contributed by atoms with van der Waals surface area (Å²) < 4.78 is 24.2. The van der Waals surface area contributed by atoms with Crippen LogP contribution in [0.1, 0.15) is 18.7 Å². The van der Waals surface area contributed by atoms with Crippen LogP contribution in [-0.2, 0) is 0 Å². The third-order valence-corrected chi connectivity index (χ3v) is 2.05. The molecule has 0 aliphatic carbocycles. The number of pyridine rings is 1. The molecule has 1 N–H and O–H groups in total. The van der Waals surface area contributed by atoms with Gasteiger partial charge in [0, 0.05) is 7.05 Å². The molecule has 1 rings (SSSR count). The second-order valence-corrected chi connectivity index (χ2v) is 3.39. The molecule has 3 nitrogen and oxygen atoms in total. The fourth-order valence-electron chi connectivity index (χ4n) is 1.18. The largest absolute Gasteiger partial charge is 0.387 e. The lowest BCUT2D eigenvalue weighted by Gasteiger charge is -2.18. The number of anilines is 1. The number of rotatable bonds is 4. The first-order valence-electron chi connectivity index (χ1n) is 4.64. The summed E-state index contributed by atoms with van der Waals surface area (Å²) in [6.07, 6.45) is -1.53. The first-order valence-corrected chi connectivity index (χ1v) is 4.64. The van der Waals surface area contributed by atoms with Crippen molar-refractivity contribution in [1.29, 1.82) is 0 Å². The molecule has 1 aromatic rings. The van der Waals surface area contributed by atoms with Crippen LogP contribution in [0.15, 0.2) is 18.3 Å². The van der Waals surface area contributed by atoms with Crippen LogP contribution < -0.4 is 4.90 Å². The van der Waals surface area contributed by atoms with Gasteiger partial charge in [0.25, 0.3) is 6.43 Å². The molecule has 0 amide bonds. The van der Waals surface area contributed by atoms with Gasteiger partial charge in [0.2, 0.25) is 0 Å². The van der Waals surface area contributed by atoms with E-state index in [1.54, 1.807) is 26.1 Å². The molecule has 0 spiro atoms. The van der Waals surface area contributed by atoms with E-state index in [4.69, 9.17) is 0 Å². The molecule has 0 bridgehead atoms. The summed E-state index contributed by atoms with van der Waals surface area (Å²) in [5, 5.41) is 9.20. The summed E-state index contributed by atoms with van der Waals surface area (Å²) in [6.45, 7) is 1.28. The maximum Gasteiger partial charge on any atom is 0.255 e. The molecular weight excluding hydrogens is 202 g/mol. The van der Waals surface area contributed by atoms with Crippen molar-refractivity contribution >= 4 is 5.69 Å². The number of aromatic nitrogens is 1. The van der Waals surface area contributed by atoms with E-state index < -0.39 is 12.5 Å². The first-order chi connectivity index (χ1) is 7.00. The van der Waals surface area contributed by atoms with Crippen molar-refractivity contribution in [2.45, 2.75) is 19.5 Å². The Morgan fingerprint density at radius 2 is 2.13 bits per heavy atom. The maximum absolute atomic E-state index is 12.1. The summed E-state index contributed by atoms with van der Waals surface area (Å²) >= 11 is 0. The van der Waals surface area contributed by atoms with E-state index in [2.05, 4.69) is 4.98 Å². The topological polar surface area (TPSA) is 36.4 Å². The Kier molecular flexibility index (Phi) is 3.96. The number of aliphatic hydroxyl groups excluding tert-OH is 1. The van der Waals surface area contributed by atoms with Gasteiger partial charge in [-0.05, 0) is 19.1 Å². The second kappa shape index (κ2) is 5.02. The Labute approximate surface area is 87.4 Å². The third-order valence-electron chi connectivity index (χ3n) is 2.05. The summed E-state index contributed by atoms with van der Waals surface area (Å²) in [7, 11) is 1.57. The lowest BCUT2D eigenvalue weighted by atomic mass is 10.2. The van der Waals surface area contributed by atoms with Crippen molar-refractivity contribution in [1.82, 2.24) is 4.98 Å². The van der Waals surface area contributed by atoms with Gasteiger partial charge in [-0.1, -0.05) is 0 Å². The number of aliphatic hydroxyl groups is 1. The fourth-order valence-corrected chi connectivity index (χ4v) is 1.18. The van der Waals surface area contributed by atoms with Crippen molar-refractivity contribution < 1.29 is 13.9 Å². The Morgan fingerprint density at radius 1 is 1.47 bits per heavy atom. The second-order valence-electron chi connectivity index (χ2n) is 3.39. The maximum atomic E-state index is 12.1. The van der Waals surface area contributed by atoms with Crippen LogP contribution in [0.25, 0.3) is 0 Å². The van der Waals surface area contributed by atoms with Gasteiger partial charge in [0.15, 0.2) is 0 Å². The zero-order valence-electron chi connectivity index (χ0n) is 8.69. The zero-order valence-corrected chi connectivity index (χ0v) is 8.69. The average Bonchev–Trinajstić information content (AvgIpc) is 2.17. The molecule has 0 saturated heterocycles. The Balaban J connectivity index is 2.71. The van der Waals surface area contributed by atoms with E-state index in [1.807, 2.05) is 0 Å². The average molecular weight is 216 g/mol. The summed E-state index contributed by atoms with van der Waals surface area (Å²) in [6, 6.07) is 3.29. The smallest absolute Gasteiger partial charge is 0.255 e. The van der Waals surface area contributed by atoms with Crippen LogP contribution in [-0.4, -0.2) is 30.1 Å². The molecule has 84 valence electrons. The van der Waals surface area contributed by atoms with Crippen molar-refractivity contribution in [3.8, 4) is 0 Å². The molecule has 5 heteroatoms. The number of hydrogen-bond acceptors (Lipinski definition) is 3. The lowest BCUT2D eigenvalue weighted by molar-refractivity contribution is 0.156. The first kappa shape index (κ1) is 11.8. The van der Waals surface area contributed by atoms with Gasteiger partial charge in [-0.3, -0.25) is 4.98 Å². The molecule has 0 radical (unpaired) electrons. The minimum Gasteiger partial charge on any atom is -0.387 e. The molecule has 0 fully saturated rings. The quantitative estimate of drug-likeness (QED) is 0.834. The van der Waals surface area contributed by atoms with Crippen LogP contribution in [0.5, 0.6) is 0 Å². The van der Waals surface area contributed by atoms with Gasteiger partial charge in [0.1, 0.15) is 0 Å². The van der Waals surface area contributed by atoms with E-state index in [0.717, 1.165) is 0 Å². The van der Waals surface area contributed by atoms with Gasteiger partial charge >= 0.3 is 0 Å². The molecule has 1 atom stereocenters. The Bertz CT molecular complexity index is 301. The third kappa shape index (κ3) is 3.43. The van der Waals surface area contributed by atoms with Crippen molar-refractivity contribution in [3.63, 3.8) is 0 Å². The van der Waals surface area contributed by atoms with Crippen LogP contribution in [0.3, 0.4) is 0 Å². The number of nitrogens with zero attached hydrogens (tertiary/aromatic N) is 2. The predicted molar refractivity (Wildman–Crippen MR) is 54.1 cm³/mol. The standard InChI is InChI=1S/C10H14F2N2O/c1-7(15)9-4-3-8(5-13-9)14(2)6-10(11)12/h3-5,7,10,15H,6H2,1-2H3/t7-/m0/s1. The highest BCUT2D eigenvalue weighted by Crippen LogP contribution is 2.15. The molecule has 0 saturated carbocycles. The Hall–Kier alpha value is -1.23. The zero-order chi connectivity index (χ0) is 11.4.